The molecule has 94 valence electrons. The Bertz CT molecular complexity index is 631. The molecule has 1 heterocycles. The lowest BCUT2D eigenvalue weighted by Crippen LogP contribution is -1.98. The second-order valence-electron chi connectivity index (χ2n) is 4.11. The molecule has 0 aliphatic heterocycles. The molecule has 0 saturated heterocycles. The molecule has 5 heteroatoms. The van der Waals surface area contributed by atoms with Crippen LogP contribution in [0.3, 0.4) is 0 Å². The van der Waals surface area contributed by atoms with Crippen LogP contribution >= 0.6 is 0 Å². The molecule has 1 unspecified atom stereocenters. The SMILES string of the molecule is CS(=N)(=O)c1ccc(-c2ccc(CN)nc2)cc1. The maximum atomic E-state index is 11.6. The molecule has 0 fully saturated rings. The molecule has 0 radical (unpaired) electrons. The summed E-state index contributed by atoms with van der Waals surface area (Å²) in [6.07, 6.45) is 3.18. The van der Waals surface area contributed by atoms with Gasteiger partial charge < -0.3 is 5.73 Å². The van der Waals surface area contributed by atoms with Crippen molar-refractivity contribution in [2.24, 2.45) is 5.73 Å². The molecule has 1 aromatic carbocycles. The standard InChI is InChI=1S/C13H15N3OS/c1-18(15,17)13-6-3-10(4-7-13)11-2-5-12(8-14)16-9-11/h2-7,9,15H,8,14H2,1H3. The number of benzene rings is 1. The van der Waals surface area contributed by atoms with Gasteiger partial charge in [-0.1, -0.05) is 18.2 Å². The highest BCUT2D eigenvalue weighted by Crippen LogP contribution is 2.20. The van der Waals surface area contributed by atoms with Gasteiger partial charge in [-0.3, -0.25) is 4.98 Å². The van der Waals surface area contributed by atoms with Crippen molar-refractivity contribution in [3.8, 4) is 11.1 Å². The topological polar surface area (TPSA) is 79.8 Å². The van der Waals surface area contributed by atoms with Gasteiger partial charge in [0.2, 0.25) is 0 Å². The first-order valence-electron chi connectivity index (χ1n) is 5.50. The van der Waals surface area contributed by atoms with Crippen molar-refractivity contribution in [2.45, 2.75) is 11.4 Å². The summed E-state index contributed by atoms with van der Waals surface area (Å²) >= 11 is 0. The summed E-state index contributed by atoms with van der Waals surface area (Å²) in [6, 6.07) is 11.0. The third kappa shape index (κ3) is 2.75. The van der Waals surface area contributed by atoms with Crippen LogP contribution in [-0.4, -0.2) is 15.4 Å². The van der Waals surface area contributed by atoms with E-state index in [0.29, 0.717) is 11.4 Å². The molecule has 2 aromatic rings. The predicted molar refractivity (Wildman–Crippen MR) is 72.6 cm³/mol. The van der Waals surface area contributed by atoms with Gasteiger partial charge in [0.05, 0.1) is 15.4 Å². The summed E-state index contributed by atoms with van der Waals surface area (Å²) in [5.74, 6) is 0. The van der Waals surface area contributed by atoms with E-state index in [1.165, 1.54) is 6.26 Å². The van der Waals surface area contributed by atoms with Crippen molar-refractivity contribution < 1.29 is 4.21 Å². The molecule has 0 aliphatic carbocycles. The zero-order valence-electron chi connectivity index (χ0n) is 10.1. The van der Waals surface area contributed by atoms with Crippen LogP contribution in [0.25, 0.3) is 11.1 Å². The van der Waals surface area contributed by atoms with Gasteiger partial charge in [-0.25, -0.2) is 8.99 Å². The normalized spacial score (nSPS) is 14.1. The predicted octanol–water partition coefficient (Wildman–Crippen LogP) is 2.24. The van der Waals surface area contributed by atoms with Gasteiger partial charge in [-0.05, 0) is 23.8 Å². The van der Waals surface area contributed by atoms with E-state index in [-0.39, 0.29) is 0 Å². The molecular formula is C13H15N3OS. The van der Waals surface area contributed by atoms with E-state index >= 15 is 0 Å². The van der Waals surface area contributed by atoms with Gasteiger partial charge in [-0.15, -0.1) is 0 Å². The lowest BCUT2D eigenvalue weighted by molar-refractivity contribution is 0.679. The van der Waals surface area contributed by atoms with Crippen LogP contribution in [-0.2, 0) is 16.3 Å². The van der Waals surface area contributed by atoms with Crippen LogP contribution in [0.1, 0.15) is 5.69 Å². The molecule has 0 bridgehead atoms. The fourth-order valence-electron chi connectivity index (χ4n) is 1.62. The number of nitrogens with one attached hydrogen (secondary N) is 1. The lowest BCUT2D eigenvalue weighted by atomic mass is 10.1. The van der Waals surface area contributed by atoms with Crippen LogP contribution in [0.15, 0.2) is 47.5 Å². The quantitative estimate of drug-likeness (QED) is 0.889. The van der Waals surface area contributed by atoms with Crippen LogP contribution in [0.4, 0.5) is 0 Å². The van der Waals surface area contributed by atoms with Gasteiger partial charge in [0.15, 0.2) is 0 Å². The second kappa shape index (κ2) is 4.88. The summed E-state index contributed by atoms with van der Waals surface area (Å²) in [7, 11) is -2.64. The Morgan fingerprint density at radius 3 is 2.22 bits per heavy atom. The third-order valence-electron chi connectivity index (χ3n) is 2.67. The Morgan fingerprint density at radius 2 is 1.78 bits per heavy atom. The number of pyridine rings is 1. The van der Waals surface area contributed by atoms with Gasteiger partial charge in [0.25, 0.3) is 0 Å². The molecule has 1 aromatic heterocycles. The molecule has 0 aliphatic rings. The third-order valence-corrected chi connectivity index (χ3v) is 3.84. The summed E-state index contributed by atoms with van der Waals surface area (Å²) in [6.45, 7) is 0.427. The molecule has 0 saturated carbocycles. The van der Waals surface area contributed by atoms with Crippen molar-refractivity contribution in [3.63, 3.8) is 0 Å². The van der Waals surface area contributed by atoms with E-state index < -0.39 is 9.73 Å². The Hall–Kier alpha value is -1.72. The smallest absolute Gasteiger partial charge is 0.0696 e. The van der Waals surface area contributed by atoms with Crippen molar-refractivity contribution in [2.75, 3.05) is 6.26 Å². The second-order valence-corrected chi connectivity index (χ2v) is 6.27. The zero-order valence-corrected chi connectivity index (χ0v) is 10.9. The molecule has 0 spiro atoms. The molecule has 2 rings (SSSR count). The van der Waals surface area contributed by atoms with E-state index in [2.05, 4.69) is 4.98 Å². The zero-order chi connectivity index (χ0) is 13.2. The number of rotatable bonds is 3. The summed E-state index contributed by atoms with van der Waals surface area (Å²) in [5, 5.41) is 0. The van der Waals surface area contributed by atoms with Crippen molar-refractivity contribution in [3.05, 3.63) is 48.3 Å². The van der Waals surface area contributed by atoms with Crippen LogP contribution < -0.4 is 5.73 Å². The number of aromatic nitrogens is 1. The minimum absolute atomic E-state index is 0.427. The van der Waals surface area contributed by atoms with Crippen LogP contribution in [0.2, 0.25) is 0 Å². The van der Waals surface area contributed by atoms with Gasteiger partial charge in [0, 0.05) is 29.5 Å². The van der Waals surface area contributed by atoms with Crippen LogP contribution in [0, 0.1) is 4.78 Å². The van der Waals surface area contributed by atoms with Crippen molar-refractivity contribution >= 4 is 9.73 Å². The number of nitrogens with zero attached hydrogens (tertiary/aromatic N) is 1. The highest BCUT2D eigenvalue weighted by Gasteiger charge is 2.04. The monoisotopic (exact) mass is 261 g/mol. The molecule has 1 atom stereocenters. The van der Waals surface area contributed by atoms with E-state index in [0.717, 1.165) is 16.8 Å². The highest BCUT2D eigenvalue weighted by molar-refractivity contribution is 7.91. The number of nitrogens with two attached hydrogens (primary N) is 1. The average molecular weight is 261 g/mol. The minimum Gasteiger partial charge on any atom is -0.325 e. The Kier molecular flexibility index (Phi) is 3.45. The summed E-state index contributed by atoms with van der Waals surface area (Å²) in [4.78, 5) is 4.77. The Labute approximate surface area is 107 Å². The first kappa shape index (κ1) is 12.7. The molecular weight excluding hydrogens is 246 g/mol. The first-order valence-corrected chi connectivity index (χ1v) is 7.46. The maximum absolute atomic E-state index is 11.6. The molecule has 0 amide bonds. The summed E-state index contributed by atoms with van der Waals surface area (Å²) < 4.78 is 19.1. The van der Waals surface area contributed by atoms with Gasteiger partial charge in [-0.2, -0.15) is 0 Å². The summed E-state index contributed by atoms with van der Waals surface area (Å²) in [5.41, 5.74) is 8.30. The fourth-order valence-corrected chi connectivity index (χ4v) is 2.28. The highest BCUT2D eigenvalue weighted by atomic mass is 32.2. The van der Waals surface area contributed by atoms with Gasteiger partial charge in [0.1, 0.15) is 0 Å². The van der Waals surface area contributed by atoms with Crippen molar-refractivity contribution in [1.82, 2.24) is 4.98 Å². The van der Waals surface area contributed by atoms with Crippen LogP contribution in [0.5, 0.6) is 0 Å². The molecule has 3 N–H and O–H groups in total. The number of hydrogen-bond acceptors (Lipinski definition) is 4. The van der Waals surface area contributed by atoms with E-state index in [1.54, 1.807) is 18.3 Å². The Morgan fingerprint density at radius 1 is 1.17 bits per heavy atom. The largest absolute Gasteiger partial charge is 0.325 e. The van der Waals surface area contributed by atoms with E-state index in [9.17, 15) is 4.21 Å². The van der Waals surface area contributed by atoms with E-state index in [1.807, 2.05) is 24.3 Å². The fraction of sp³-hybridized carbons (Fsp3) is 0.154. The first-order chi connectivity index (χ1) is 8.50. The average Bonchev–Trinajstić information content (AvgIpc) is 2.38. The van der Waals surface area contributed by atoms with Gasteiger partial charge >= 0.3 is 0 Å². The molecule has 4 nitrogen and oxygen atoms in total. The van der Waals surface area contributed by atoms with E-state index in [4.69, 9.17) is 10.5 Å². The molecule has 18 heavy (non-hydrogen) atoms. The Balaban J connectivity index is 2.34. The maximum Gasteiger partial charge on any atom is 0.0696 e. The number of hydrogen-bond donors (Lipinski definition) is 2. The van der Waals surface area contributed by atoms with Crippen molar-refractivity contribution in [1.29, 1.82) is 4.78 Å². The lowest BCUT2D eigenvalue weighted by Gasteiger charge is -2.05. The minimum atomic E-state index is -2.64.